The summed E-state index contributed by atoms with van der Waals surface area (Å²) < 4.78 is 18.7. The largest absolute Gasteiger partial charge is 0.453 e. The third-order valence-corrected chi connectivity index (χ3v) is 4.32. The van der Waals surface area contributed by atoms with E-state index < -0.39 is 12.1 Å². The zero-order valence-corrected chi connectivity index (χ0v) is 13.0. The van der Waals surface area contributed by atoms with Gasteiger partial charge in [0.25, 0.3) is 0 Å². The molecule has 0 saturated carbocycles. The van der Waals surface area contributed by atoms with Crippen molar-refractivity contribution >= 4 is 17.3 Å². The summed E-state index contributed by atoms with van der Waals surface area (Å²) in [4.78, 5) is 25.7. The van der Waals surface area contributed by atoms with E-state index >= 15 is 0 Å². The molecule has 1 unspecified atom stereocenters. The van der Waals surface area contributed by atoms with Gasteiger partial charge < -0.3 is 9.72 Å². The van der Waals surface area contributed by atoms with E-state index in [1.54, 1.807) is 29.4 Å². The molecule has 0 radical (unpaired) electrons. The van der Waals surface area contributed by atoms with Crippen molar-refractivity contribution in [2.75, 3.05) is 13.7 Å². The van der Waals surface area contributed by atoms with E-state index in [0.29, 0.717) is 24.2 Å². The molecule has 1 atom stereocenters. The predicted molar refractivity (Wildman–Crippen MR) is 84.9 cm³/mol. The highest BCUT2D eigenvalue weighted by Crippen LogP contribution is 2.37. The van der Waals surface area contributed by atoms with Crippen LogP contribution in [0.3, 0.4) is 0 Å². The first-order valence-corrected chi connectivity index (χ1v) is 7.60. The molecular weight excluding hydrogens is 311 g/mol. The molecule has 1 amide bonds. The normalized spacial score (nSPS) is 16.9. The molecular formula is C17H15FN4O2. The summed E-state index contributed by atoms with van der Waals surface area (Å²) in [7, 11) is 1.34. The Hall–Kier alpha value is -2.96. The molecule has 3 heterocycles. The monoisotopic (exact) mass is 326 g/mol. The number of hydrogen-bond donors (Lipinski definition) is 1. The van der Waals surface area contributed by atoms with Crippen LogP contribution in [-0.4, -0.2) is 39.6 Å². The minimum absolute atomic E-state index is 0.350. The second kappa shape index (κ2) is 5.59. The minimum atomic E-state index is -0.465. The quantitative estimate of drug-likeness (QED) is 0.746. The van der Waals surface area contributed by atoms with Crippen LogP contribution in [0.25, 0.3) is 11.2 Å². The first-order chi connectivity index (χ1) is 11.7. The van der Waals surface area contributed by atoms with E-state index in [4.69, 9.17) is 4.74 Å². The maximum Gasteiger partial charge on any atom is 0.410 e. The minimum Gasteiger partial charge on any atom is -0.453 e. The number of benzene rings is 1. The Morgan fingerprint density at radius 3 is 3.00 bits per heavy atom. The lowest BCUT2D eigenvalue weighted by Gasteiger charge is -2.34. The van der Waals surface area contributed by atoms with Gasteiger partial charge in [0.15, 0.2) is 5.65 Å². The number of aromatic nitrogens is 3. The van der Waals surface area contributed by atoms with Crippen molar-refractivity contribution in [2.24, 2.45) is 0 Å². The molecule has 0 aliphatic carbocycles. The van der Waals surface area contributed by atoms with Crippen LogP contribution < -0.4 is 0 Å². The van der Waals surface area contributed by atoms with Gasteiger partial charge in [0.2, 0.25) is 0 Å². The van der Waals surface area contributed by atoms with Gasteiger partial charge in [-0.1, -0.05) is 12.1 Å². The molecule has 1 N–H and O–H groups in total. The maximum atomic E-state index is 13.7. The van der Waals surface area contributed by atoms with Crippen molar-refractivity contribution < 1.29 is 13.9 Å². The summed E-state index contributed by atoms with van der Waals surface area (Å²) in [6, 6.07) is 5.78. The number of carbonyl (C=O) groups is 1. The third-order valence-electron chi connectivity index (χ3n) is 4.32. The Balaban J connectivity index is 1.92. The van der Waals surface area contributed by atoms with Crippen molar-refractivity contribution in [2.45, 2.75) is 12.5 Å². The molecule has 7 heteroatoms. The van der Waals surface area contributed by atoms with Crippen molar-refractivity contribution in [3.05, 3.63) is 59.3 Å². The first-order valence-electron chi connectivity index (χ1n) is 7.60. The second-order valence-corrected chi connectivity index (χ2v) is 5.64. The number of carbonyl (C=O) groups excluding carboxylic acids is 1. The van der Waals surface area contributed by atoms with Gasteiger partial charge in [-0.25, -0.2) is 14.2 Å². The van der Waals surface area contributed by atoms with Gasteiger partial charge in [0.1, 0.15) is 17.4 Å². The molecule has 2 aromatic heterocycles. The van der Waals surface area contributed by atoms with Crippen molar-refractivity contribution in [3.8, 4) is 0 Å². The van der Waals surface area contributed by atoms with Gasteiger partial charge in [-0.3, -0.25) is 9.88 Å². The summed E-state index contributed by atoms with van der Waals surface area (Å²) in [6.45, 7) is 0.463. The Morgan fingerprint density at radius 1 is 1.38 bits per heavy atom. The number of halogens is 1. The van der Waals surface area contributed by atoms with Gasteiger partial charge in [-0.05, 0) is 24.1 Å². The van der Waals surface area contributed by atoms with Crippen LogP contribution in [-0.2, 0) is 11.2 Å². The molecule has 122 valence electrons. The second-order valence-electron chi connectivity index (χ2n) is 5.64. The van der Waals surface area contributed by atoms with Crippen LogP contribution in [0.4, 0.5) is 9.18 Å². The lowest BCUT2D eigenvalue weighted by molar-refractivity contribution is 0.108. The molecule has 3 aromatic rings. The standard InChI is InChI=1S/C17H15FN4O2/c1-24-17(23)22-8-5-12-13(21-16-14(12)19-6-7-20-16)15(22)10-3-2-4-11(18)9-10/h2-4,6-7,9,15H,5,8H2,1H3,(H,20,21). The van der Waals surface area contributed by atoms with Gasteiger partial charge in [0.05, 0.1) is 7.11 Å². The van der Waals surface area contributed by atoms with Crippen LogP contribution in [0.1, 0.15) is 22.9 Å². The number of nitrogens with one attached hydrogen (secondary N) is 1. The number of H-pyrrole nitrogens is 1. The average Bonchev–Trinajstić information content (AvgIpc) is 2.98. The van der Waals surface area contributed by atoms with E-state index in [0.717, 1.165) is 16.8 Å². The Morgan fingerprint density at radius 2 is 2.21 bits per heavy atom. The molecule has 24 heavy (non-hydrogen) atoms. The Kier molecular flexibility index (Phi) is 3.41. The van der Waals surface area contributed by atoms with Gasteiger partial charge in [0, 0.05) is 30.2 Å². The van der Waals surface area contributed by atoms with Crippen LogP contribution in [0.2, 0.25) is 0 Å². The summed E-state index contributed by atoms with van der Waals surface area (Å²) >= 11 is 0. The number of methoxy groups -OCH3 is 1. The smallest absolute Gasteiger partial charge is 0.410 e. The highest BCUT2D eigenvalue weighted by molar-refractivity contribution is 5.79. The topological polar surface area (TPSA) is 71.1 Å². The summed E-state index contributed by atoms with van der Waals surface area (Å²) in [5.74, 6) is -0.350. The lowest BCUT2D eigenvalue weighted by Crippen LogP contribution is -2.40. The molecule has 0 bridgehead atoms. The average molecular weight is 326 g/mol. The number of ether oxygens (including phenoxy) is 1. The van der Waals surface area contributed by atoms with Crippen LogP contribution in [0.15, 0.2) is 36.7 Å². The van der Waals surface area contributed by atoms with Crippen molar-refractivity contribution in [1.82, 2.24) is 19.9 Å². The Labute approximate surface area is 137 Å². The maximum absolute atomic E-state index is 13.7. The highest BCUT2D eigenvalue weighted by Gasteiger charge is 2.35. The van der Waals surface area contributed by atoms with E-state index in [-0.39, 0.29) is 5.82 Å². The van der Waals surface area contributed by atoms with Crippen LogP contribution in [0, 0.1) is 5.82 Å². The highest BCUT2D eigenvalue weighted by atomic mass is 19.1. The van der Waals surface area contributed by atoms with E-state index in [1.807, 2.05) is 0 Å². The SMILES string of the molecule is COC(=O)N1CCc2c([nH]c3nccnc23)C1c1cccc(F)c1. The molecule has 1 aliphatic rings. The van der Waals surface area contributed by atoms with Crippen LogP contribution >= 0.6 is 0 Å². The third kappa shape index (κ3) is 2.20. The van der Waals surface area contributed by atoms with E-state index in [2.05, 4.69) is 15.0 Å². The molecule has 6 nitrogen and oxygen atoms in total. The molecule has 4 rings (SSSR count). The van der Waals surface area contributed by atoms with Gasteiger partial charge >= 0.3 is 6.09 Å². The fraction of sp³-hybridized carbons (Fsp3) is 0.235. The van der Waals surface area contributed by atoms with Crippen molar-refractivity contribution in [1.29, 1.82) is 0 Å². The zero-order valence-electron chi connectivity index (χ0n) is 13.0. The van der Waals surface area contributed by atoms with E-state index in [9.17, 15) is 9.18 Å². The van der Waals surface area contributed by atoms with E-state index in [1.165, 1.54) is 19.2 Å². The lowest BCUT2D eigenvalue weighted by atomic mass is 9.93. The Bertz CT molecular complexity index is 924. The molecule has 0 fully saturated rings. The van der Waals surface area contributed by atoms with Crippen molar-refractivity contribution in [3.63, 3.8) is 0 Å². The number of fused-ring (bicyclic) bond motifs is 3. The molecule has 0 saturated heterocycles. The fourth-order valence-corrected chi connectivity index (χ4v) is 3.32. The fourth-order valence-electron chi connectivity index (χ4n) is 3.32. The summed E-state index contributed by atoms with van der Waals surface area (Å²) in [5, 5.41) is 0. The molecule has 1 aromatic carbocycles. The van der Waals surface area contributed by atoms with Gasteiger partial charge in [-0.15, -0.1) is 0 Å². The first kappa shape index (κ1) is 14.6. The van der Waals surface area contributed by atoms with Gasteiger partial charge in [-0.2, -0.15) is 0 Å². The number of nitrogens with zero attached hydrogens (tertiary/aromatic N) is 3. The zero-order chi connectivity index (χ0) is 16.7. The number of rotatable bonds is 1. The summed E-state index contributed by atoms with van der Waals surface area (Å²) in [6.07, 6.45) is 3.43. The predicted octanol–water partition coefficient (Wildman–Crippen LogP) is 2.81. The molecule has 0 spiro atoms. The molecule has 1 aliphatic heterocycles. The number of aromatic amines is 1. The number of amides is 1. The van der Waals surface area contributed by atoms with Crippen LogP contribution in [0.5, 0.6) is 0 Å². The number of hydrogen-bond acceptors (Lipinski definition) is 4. The summed E-state index contributed by atoms with van der Waals surface area (Å²) in [5.41, 5.74) is 3.94.